The molecule has 0 aliphatic heterocycles. The maximum Gasteiger partial charge on any atom is 0.111 e. The molecule has 4 nitrogen and oxygen atoms in total. The standard InChI is InChI=1S/C14H16ClN3OS/c1-2-20(19)8-7-18-13-9-11(10-16)3-4-12(13)17-14(18)5-6-15/h3-4,9H,2,5-8H2,1H3. The fourth-order valence-corrected chi connectivity index (χ4v) is 2.95. The van der Waals surface area contributed by atoms with Crippen LogP contribution < -0.4 is 0 Å². The molecule has 2 rings (SSSR count). The molecule has 0 aliphatic rings. The van der Waals surface area contributed by atoms with Crippen molar-refractivity contribution >= 4 is 33.4 Å². The van der Waals surface area contributed by atoms with Gasteiger partial charge in [0.2, 0.25) is 0 Å². The van der Waals surface area contributed by atoms with E-state index in [1.807, 2.05) is 23.6 Å². The lowest BCUT2D eigenvalue weighted by atomic mass is 10.2. The van der Waals surface area contributed by atoms with Crippen LogP contribution in [0.15, 0.2) is 18.2 Å². The Balaban J connectivity index is 2.43. The summed E-state index contributed by atoms with van der Waals surface area (Å²) in [6.45, 7) is 2.55. The summed E-state index contributed by atoms with van der Waals surface area (Å²) in [4.78, 5) is 4.55. The fraction of sp³-hybridized carbons (Fsp3) is 0.429. The van der Waals surface area contributed by atoms with Crippen molar-refractivity contribution in [2.24, 2.45) is 0 Å². The van der Waals surface area contributed by atoms with Crippen LogP contribution in [-0.4, -0.2) is 31.1 Å². The molecule has 6 heteroatoms. The van der Waals surface area contributed by atoms with E-state index in [1.165, 1.54) is 0 Å². The lowest BCUT2D eigenvalue weighted by Gasteiger charge is -2.08. The second-order valence-electron chi connectivity index (χ2n) is 4.37. The van der Waals surface area contributed by atoms with E-state index < -0.39 is 10.8 Å². The highest BCUT2D eigenvalue weighted by atomic mass is 35.5. The Hall–Kier alpha value is -1.38. The zero-order valence-electron chi connectivity index (χ0n) is 11.3. The first-order valence-corrected chi connectivity index (χ1v) is 8.52. The van der Waals surface area contributed by atoms with Crippen LogP contribution in [0.4, 0.5) is 0 Å². The summed E-state index contributed by atoms with van der Waals surface area (Å²) in [5.74, 6) is 2.62. The predicted molar refractivity (Wildman–Crippen MR) is 82.4 cm³/mol. The van der Waals surface area contributed by atoms with Gasteiger partial charge in [-0.3, -0.25) is 4.21 Å². The van der Waals surface area contributed by atoms with E-state index in [0.717, 1.165) is 16.9 Å². The molecule has 106 valence electrons. The minimum absolute atomic E-state index is 0.491. The number of nitrogens with zero attached hydrogens (tertiary/aromatic N) is 3. The molecule has 1 heterocycles. The maximum atomic E-state index is 11.6. The third-order valence-corrected chi connectivity index (χ3v) is 4.61. The van der Waals surface area contributed by atoms with Crippen molar-refractivity contribution in [3.63, 3.8) is 0 Å². The van der Waals surface area contributed by atoms with Gasteiger partial charge in [-0.15, -0.1) is 11.6 Å². The average Bonchev–Trinajstić information content (AvgIpc) is 2.81. The van der Waals surface area contributed by atoms with E-state index >= 15 is 0 Å². The van der Waals surface area contributed by atoms with Crippen LogP contribution in [-0.2, 0) is 23.8 Å². The van der Waals surface area contributed by atoms with Gasteiger partial charge in [0.15, 0.2) is 0 Å². The van der Waals surface area contributed by atoms with Gasteiger partial charge in [0.05, 0.1) is 22.7 Å². The van der Waals surface area contributed by atoms with Gasteiger partial charge in [-0.25, -0.2) is 4.98 Å². The molecule has 20 heavy (non-hydrogen) atoms. The van der Waals surface area contributed by atoms with Crippen LogP contribution >= 0.6 is 11.6 Å². The Morgan fingerprint density at radius 3 is 2.95 bits per heavy atom. The van der Waals surface area contributed by atoms with Crippen LogP contribution in [0.25, 0.3) is 11.0 Å². The third-order valence-electron chi connectivity index (χ3n) is 3.14. The van der Waals surface area contributed by atoms with E-state index in [1.54, 1.807) is 6.07 Å². The van der Waals surface area contributed by atoms with Crippen molar-refractivity contribution in [2.45, 2.75) is 19.9 Å². The second-order valence-corrected chi connectivity index (χ2v) is 6.61. The van der Waals surface area contributed by atoms with Gasteiger partial charge in [0, 0.05) is 41.2 Å². The smallest absolute Gasteiger partial charge is 0.111 e. The molecular formula is C14H16ClN3OS. The summed E-state index contributed by atoms with van der Waals surface area (Å²) in [6.07, 6.45) is 0.664. The summed E-state index contributed by atoms with van der Waals surface area (Å²) in [6, 6.07) is 7.57. The summed E-state index contributed by atoms with van der Waals surface area (Å²) < 4.78 is 13.7. The molecular weight excluding hydrogens is 294 g/mol. The van der Waals surface area contributed by atoms with Gasteiger partial charge in [0.25, 0.3) is 0 Å². The Morgan fingerprint density at radius 1 is 1.50 bits per heavy atom. The largest absolute Gasteiger partial charge is 0.327 e. The van der Waals surface area contributed by atoms with E-state index in [4.69, 9.17) is 16.9 Å². The molecule has 1 atom stereocenters. The molecule has 0 saturated carbocycles. The number of rotatable bonds is 6. The number of nitriles is 1. The molecule has 1 aromatic heterocycles. The number of aryl methyl sites for hydroxylation is 2. The molecule has 0 amide bonds. The highest BCUT2D eigenvalue weighted by Crippen LogP contribution is 2.19. The van der Waals surface area contributed by atoms with Crippen LogP contribution in [0.5, 0.6) is 0 Å². The number of aromatic nitrogens is 2. The van der Waals surface area contributed by atoms with Crippen molar-refractivity contribution in [2.75, 3.05) is 17.4 Å². The minimum atomic E-state index is -0.820. The van der Waals surface area contributed by atoms with Crippen LogP contribution in [0, 0.1) is 11.3 Å². The zero-order valence-corrected chi connectivity index (χ0v) is 12.9. The molecule has 0 fully saturated rings. The van der Waals surface area contributed by atoms with E-state index in [2.05, 4.69) is 11.1 Å². The Morgan fingerprint density at radius 2 is 2.30 bits per heavy atom. The van der Waals surface area contributed by atoms with E-state index in [-0.39, 0.29) is 0 Å². The summed E-state index contributed by atoms with van der Waals surface area (Å²) >= 11 is 5.82. The third kappa shape index (κ3) is 3.20. The van der Waals surface area contributed by atoms with Crippen molar-refractivity contribution in [3.8, 4) is 6.07 Å². The lowest BCUT2D eigenvalue weighted by molar-refractivity contribution is 0.671. The van der Waals surface area contributed by atoms with Gasteiger partial charge in [0.1, 0.15) is 5.82 Å². The number of halogens is 1. The predicted octanol–water partition coefficient (Wildman–Crippen LogP) is 2.46. The molecule has 2 aromatic rings. The van der Waals surface area contributed by atoms with Crippen LogP contribution in [0.3, 0.4) is 0 Å². The Labute approximate surface area is 125 Å². The Kier molecular flexibility index (Phi) is 5.16. The monoisotopic (exact) mass is 309 g/mol. The van der Waals surface area contributed by atoms with Gasteiger partial charge in [-0.2, -0.15) is 5.26 Å². The van der Waals surface area contributed by atoms with Crippen LogP contribution in [0.2, 0.25) is 0 Å². The van der Waals surface area contributed by atoms with Crippen molar-refractivity contribution in [1.29, 1.82) is 5.26 Å². The minimum Gasteiger partial charge on any atom is -0.327 e. The maximum absolute atomic E-state index is 11.6. The summed E-state index contributed by atoms with van der Waals surface area (Å²) in [7, 11) is -0.820. The molecule has 1 aromatic carbocycles. The van der Waals surface area contributed by atoms with Gasteiger partial charge in [-0.05, 0) is 18.2 Å². The molecule has 1 unspecified atom stereocenters. The van der Waals surface area contributed by atoms with Gasteiger partial charge < -0.3 is 4.57 Å². The van der Waals surface area contributed by atoms with Crippen LogP contribution in [0.1, 0.15) is 18.3 Å². The van der Waals surface area contributed by atoms with Crippen molar-refractivity contribution in [1.82, 2.24) is 9.55 Å². The quantitative estimate of drug-likeness (QED) is 0.770. The molecule has 0 radical (unpaired) electrons. The second kappa shape index (κ2) is 6.87. The topological polar surface area (TPSA) is 58.7 Å². The molecule has 0 bridgehead atoms. The SMILES string of the molecule is CCS(=O)CCn1c(CCCl)nc2ccc(C#N)cc21. The molecule has 0 N–H and O–H groups in total. The summed E-state index contributed by atoms with van der Waals surface area (Å²) in [5, 5.41) is 9.00. The lowest BCUT2D eigenvalue weighted by Crippen LogP contribution is -2.12. The van der Waals surface area contributed by atoms with E-state index in [0.29, 0.717) is 35.9 Å². The van der Waals surface area contributed by atoms with Crippen molar-refractivity contribution in [3.05, 3.63) is 29.6 Å². The first kappa shape index (κ1) is 15.0. The molecule has 0 spiro atoms. The molecule has 0 saturated heterocycles. The van der Waals surface area contributed by atoms with Crippen molar-refractivity contribution < 1.29 is 4.21 Å². The number of alkyl halides is 1. The van der Waals surface area contributed by atoms with Gasteiger partial charge in [-0.1, -0.05) is 6.92 Å². The fourth-order valence-electron chi connectivity index (χ4n) is 2.10. The average molecular weight is 310 g/mol. The highest BCUT2D eigenvalue weighted by molar-refractivity contribution is 7.84. The van der Waals surface area contributed by atoms with Gasteiger partial charge >= 0.3 is 0 Å². The zero-order chi connectivity index (χ0) is 14.5. The number of benzene rings is 1. The Bertz CT molecular complexity index is 675. The summed E-state index contributed by atoms with van der Waals surface area (Å²) in [5.41, 5.74) is 2.37. The highest BCUT2D eigenvalue weighted by Gasteiger charge is 2.11. The number of hydrogen-bond acceptors (Lipinski definition) is 3. The number of fused-ring (bicyclic) bond motifs is 1. The number of hydrogen-bond donors (Lipinski definition) is 0. The normalized spacial score (nSPS) is 12.4. The first-order chi connectivity index (χ1) is 9.69. The molecule has 0 aliphatic carbocycles. The number of imidazole rings is 1. The van der Waals surface area contributed by atoms with E-state index in [9.17, 15) is 4.21 Å². The first-order valence-electron chi connectivity index (χ1n) is 6.49.